The maximum atomic E-state index is 12.1. The summed E-state index contributed by atoms with van der Waals surface area (Å²) in [5.74, 6) is 5.23. The summed E-state index contributed by atoms with van der Waals surface area (Å²) in [5, 5.41) is 6.56. The number of hydrogen-bond acceptors (Lipinski definition) is 4. The van der Waals surface area contributed by atoms with Crippen LogP contribution in [0.3, 0.4) is 0 Å². The summed E-state index contributed by atoms with van der Waals surface area (Å²) in [6, 6.07) is 7.00. The Hall–Kier alpha value is -2.34. The number of aromatic nitrogens is 2. The zero-order valence-corrected chi connectivity index (χ0v) is 10.1. The summed E-state index contributed by atoms with van der Waals surface area (Å²) >= 11 is 0. The lowest BCUT2D eigenvalue weighted by molar-refractivity contribution is 0.0785. The van der Waals surface area contributed by atoms with E-state index in [0.29, 0.717) is 12.1 Å². The molecule has 0 fully saturated rings. The van der Waals surface area contributed by atoms with Crippen LogP contribution in [0.15, 0.2) is 36.7 Å². The molecular weight excluding hydrogens is 230 g/mol. The maximum absolute atomic E-state index is 12.1. The van der Waals surface area contributed by atoms with E-state index in [1.54, 1.807) is 48.6 Å². The van der Waals surface area contributed by atoms with Crippen LogP contribution in [-0.2, 0) is 6.54 Å². The first-order valence-electron chi connectivity index (χ1n) is 5.50. The number of hydrazine groups is 1. The van der Waals surface area contributed by atoms with Crippen molar-refractivity contribution in [3.63, 3.8) is 0 Å². The zero-order valence-electron chi connectivity index (χ0n) is 10.1. The molecule has 6 nitrogen and oxygen atoms in total. The van der Waals surface area contributed by atoms with E-state index in [1.807, 2.05) is 0 Å². The number of H-pyrrole nitrogens is 1. The van der Waals surface area contributed by atoms with Crippen molar-refractivity contribution in [2.45, 2.75) is 6.54 Å². The first kappa shape index (κ1) is 12.1. The Kier molecular flexibility index (Phi) is 3.59. The molecule has 1 heterocycles. The SMILES string of the molecule is CN(Cc1cn[nH]c1)C(=O)c1ccc(NN)cc1. The quantitative estimate of drug-likeness (QED) is 0.553. The second-order valence-corrected chi connectivity index (χ2v) is 3.99. The van der Waals surface area contributed by atoms with Gasteiger partial charge in [0, 0.05) is 36.6 Å². The fourth-order valence-electron chi connectivity index (χ4n) is 1.64. The number of nitrogens with one attached hydrogen (secondary N) is 2. The van der Waals surface area contributed by atoms with E-state index in [4.69, 9.17) is 5.84 Å². The van der Waals surface area contributed by atoms with E-state index in [1.165, 1.54) is 0 Å². The largest absolute Gasteiger partial charge is 0.337 e. The third kappa shape index (κ3) is 2.67. The van der Waals surface area contributed by atoms with Crippen LogP contribution in [0.1, 0.15) is 15.9 Å². The number of amides is 1. The molecule has 0 atom stereocenters. The maximum Gasteiger partial charge on any atom is 0.253 e. The lowest BCUT2D eigenvalue weighted by Crippen LogP contribution is -2.26. The second kappa shape index (κ2) is 5.33. The van der Waals surface area contributed by atoms with E-state index in [-0.39, 0.29) is 5.91 Å². The molecule has 0 saturated heterocycles. The summed E-state index contributed by atoms with van der Waals surface area (Å²) in [6.45, 7) is 0.520. The van der Waals surface area contributed by atoms with Crippen LogP contribution >= 0.6 is 0 Å². The molecule has 0 aliphatic heterocycles. The molecule has 0 radical (unpaired) electrons. The molecule has 0 saturated carbocycles. The highest BCUT2D eigenvalue weighted by molar-refractivity contribution is 5.94. The molecule has 1 amide bonds. The van der Waals surface area contributed by atoms with Crippen LogP contribution in [0.4, 0.5) is 5.69 Å². The van der Waals surface area contributed by atoms with Gasteiger partial charge in [0.25, 0.3) is 5.91 Å². The molecule has 1 aromatic heterocycles. The highest BCUT2D eigenvalue weighted by atomic mass is 16.2. The van der Waals surface area contributed by atoms with Gasteiger partial charge in [-0.1, -0.05) is 0 Å². The van der Waals surface area contributed by atoms with Crippen LogP contribution in [0.5, 0.6) is 0 Å². The Labute approximate surface area is 105 Å². The first-order chi connectivity index (χ1) is 8.70. The molecule has 94 valence electrons. The standard InChI is InChI=1S/C12H15N5O/c1-17(8-9-6-14-15-7-9)12(18)10-2-4-11(16-13)5-3-10/h2-7,16H,8,13H2,1H3,(H,14,15). The van der Waals surface area contributed by atoms with Gasteiger partial charge in [0.15, 0.2) is 0 Å². The fourth-order valence-corrected chi connectivity index (χ4v) is 1.64. The number of nitrogens with zero attached hydrogens (tertiary/aromatic N) is 2. The average Bonchev–Trinajstić information content (AvgIpc) is 2.91. The number of rotatable bonds is 4. The van der Waals surface area contributed by atoms with Gasteiger partial charge in [-0.05, 0) is 24.3 Å². The van der Waals surface area contributed by atoms with Gasteiger partial charge in [-0.15, -0.1) is 0 Å². The fraction of sp³-hybridized carbons (Fsp3) is 0.167. The average molecular weight is 245 g/mol. The first-order valence-corrected chi connectivity index (χ1v) is 5.50. The smallest absolute Gasteiger partial charge is 0.253 e. The molecule has 0 spiro atoms. The van der Waals surface area contributed by atoms with Crippen molar-refractivity contribution in [1.82, 2.24) is 15.1 Å². The Morgan fingerprint density at radius 1 is 1.44 bits per heavy atom. The van der Waals surface area contributed by atoms with E-state index >= 15 is 0 Å². The highest BCUT2D eigenvalue weighted by Gasteiger charge is 2.12. The minimum absolute atomic E-state index is 0.0419. The number of nitrogen functional groups attached to an aromatic ring is 1. The third-order valence-electron chi connectivity index (χ3n) is 2.62. The number of benzene rings is 1. The summed E-state index contributed by atoms with van der Waals surface area (Å²) in [4.78, 5) is 13.7. The van der Waals surface area contributed by atoms with Crippen LogP contribution in [0.25, 0.3) is 0 Å². The number of hydrogen-bond donors (Lipinski definition) is 3. The topological polar surface area (TPSA) is 87.0 Å². The van der Waals surface area contributed by atoms with Crippen molar-refractivity contribution in [3.8, 4) is 0 Å². The van der Waals surface area contributed by atoms with E-state index in [0.717, 1.165) is 11.3 Å². The minimum Gasteiger partial charge on any atom is -0.337 e. The molecule has 2 aromatic rings. The molecule has 0 aliphatic rings. The molecular formula is C12H15N5O. The van der Waals surface area contributed by atoms with Gasteiger partial charge in [-0.2, -0.15) is 5.10 Å². The predicted molar refractivity (Wildman–Crippen MR) is 68.6 cm³/mol. The Balaban J connectivity index is 2.05. The molecule has 0 aliphatic carbocycles. The normalized spacial score (nSPS) is 10.1. The van der Waals surface area contributed by atoms with Gasteiger partial charge in [0.05, 0.1) is 6.20 Å². The van der Waals surface area contributed by atoms with E-state index in [9.17, 15) is 4.79 Å². The molecule has 0 unspecified atom stereocenters. The van der Waals surface area contributed by atoms with Crippen molar-refractivity contribution >= 4 is 11.6 Å². The van der Waals surface area contributed by atoms with Crippen molar-refractivity contribution in [1.29, 1.82) is 0 Å². The van der Waals surface area contributed by atoms with Crippen LogP contribution in [-0.4, -0.2) is 28.1 Å². The minimum atomic E-state index is -0.0419. The van der Waals surface area contributed by atoms with Gasteiger partial charge in [0.1, 0.15) is 0 Å². The van der Waals surface area contributed by atoms with Crippen molar-refractivity contribution in [2.75, 3.05) is 12.5 Å². The summed E-state index contributed by atoms with van der Waals surface area (Å²) in [6.07, 6.45) is 3.47. The lowest BCUT2D eigenvalue weighted by atomic mass is 10.2. The van der Waals surface area contributed by atoms with E-state index in [2.05, 4.69) is 15.6 Å². The Morgan fingerprint density at radius 2 is 2.17 bits per heavy atom. The molecule has 1 aromatic carbocycles. The lowest BCUT2D eigenvalue weighted by Gasteiger charge is -2.16. The number of anilines is 1. The number of carbonyl (C=O) groups excluding carboxylic acids is 1. The van der Waals surface area contributed by atoms with Gasteiger partial charge >= 0.3 is 0 Å². The molecule has 18 heavy (non-hydrogen) atoms. The van der Waals surface area contributed by atoms with Crippen LogP contribution in [0, 0.1) is 0 Å². The molecule has 0 bridgehead atoms. The zero-order chi connectivity index (χ0) is 13.0. The highest BCUT2D eigenvalue weighted by Crippen LogP contribution is 2.11. The summed E-state index contributed by atoms with van der Waals surface area (Å²) in [5.41, 5.74) is 4.88. The third-order valence-corrected chi connectivity index (χ3v) is 2.62. The molecule has 6 heteroatoms. The van der Waals surface area contributed by atoms with Crippen LogP contribution in [0.2, 0.25) is 0 Å². The second-order valence-electron chi connectivity index (χ2n) is 3.99. The van der Waals surface area contributed by atoms with E-state index < -0.39 is 0 Å². The van der Waals surface area contributed by atoms with Gasteiger partial charge < -0.3 is 10.3 Å². The van der Waals surface area contributed by atoms with Crippen molar-refractivity contribution < 1.29 is 4.79 Å². The Bertz CT molecular complexity index is 506. The predicted octanol–water partition coefficient (Wildman–Crippen LogP) is 0.968. The molecule has 2 rings (SSSR count). The summed E-state index contributed by atoms with van der Waals surface area (Å²) in [7, 11) is 1.75. The number of aromatic amines is 1. The Morgan fingerprint density at radius 3 is 2.72 bits per heavy atom. The van der Waals surface area contributed by atoms with Gasteiger partial charge in [0.2, 0.25) is 0 Å². The van der Waals surface area contributed by atoms with Gasteiger partial charge in [-0.3, -0.25) is 15.7 Å². The monoisotopic (exact) mass is 245 g/mol. The van der Waals surface area contributed by atoms with Crippen molar-refractivity contribution in [3.05, 3.63) is 47.8 Å². The van der Waals surface area contributed by atoms with Crippen LogP contribution < -0.4 is 11.3 Å². The number of carbonyl (C=O) groups is 1. The summed E-state index contributed by atoms with van der Waals surface area (Å²) < 4.78 is 0. The molecule has 4 N–H and O–H groups in total. The van der Waals surface area contributed by atoms with Crippen molar-refractivity contribution in [2.24, 2.45) is 5.84 Å². The van der Waals surface area contributed by atoms with Gasteiger partial charge in [-0.25, -0.2) is 0 Å². The number of nitrogens with two attached hydrogens (primary N) is 1.